The van der Waals surface area contributed by atoms with Crippen LogP contribution in [-0.4, -0.2) is 30.1 Å². The predicted molar refractivity (Wildman–Crippen MR) is 93.1 cm³/mol. The number of nitrogens with zero attached hydrogens (tertiary/aromatic N) is 1. The van der Waals surface area contributed by atoms with Crippen molar-refractivity contribution in [2.75, 3.05) is 7.11 Å². The predicted octanol–water partition coefficient (Wildman–Crippen LogP) is 3.79. The van der Waals surface area contributed by atoms with Crippen LogP contribution in [0.1, 0.15) is 25.3 Å². The van der Waals surface area contributed by atoms with E-state index >= 15 is 0 Å². The van der Waals surface area contributed by atoms with Crippen molar-refractivity contribution in [3.05, 3.63) is 59.9 Å². The number of amides is 1. The lowest BCUT2D eigenvalue weighted by molar-refractivity contribution is -0.139. The van der Waals surface area contributed by atoms with Crippen LogP contribution in [0.2, 0.25) is 0 Å². The second kappa shape index (κ2) is 7.55. The monoisotopic (exact) mass is 343 g/mol. The van der Waals surface area contributed by atoms with Crippen LogP contribution in [0.4, 0.5) is 4.39 Å². The highest BCUT2D eigenvalue weighted by molar-refractivity contribution is 5.81. The van der Waals surface area contributed by atoms with E-state index in [1.807, 2.05) is 0 Å². The molecule has 0 radical (unpaired) electrons. The summed E-state index contributed by atoms with van der Waals surface area (Å²) >= 11 is 0. The molecule has 2 aromatic carbocycles. The Hall–Kier alpha value is -2.56. The molecule has 0 aliphatic heterocycles. The second-order valence-corrected chi connectivity index (χ2v) is 6.22. The van der Waals surface area contributed by atoms with Gasteiger partial charge < -0.3 is 14.4 Å². The fraction of sp³-hybridized carbons (Fsp3) is 0.350. The number of methoxy groups -OCH3 is 1. The van der Waals surface area contributed by atoms with Crippen molar-refractivity contribution in [2.45, 2.75) is 38.5 Å². The third-order valence-electron chi connectivity index (χ3n) is 4.29. The maximum absolute atomic E-state index is 13.9. The van der Waals surface area contributed by atoms with Gasteiger partial charge in [-0.3, -0.25) is 4.79 Å². The molecule has 0 spiro atoms. The van der Waals surface area contributed by atoms with Gasteiger partial charge in [0.05, 0.1) is 7.11 Å². The van der Waals surface area contributed by atoms with E-state index in [1.54, 1.807) is 61.4 Å². The molecule has 1 atom stereocenters. The van der Waals surface area contributed by atoms with E-state index in [1.165, 1.54) is 6.07 Å². The standard InChI is InChI=1S/C20H22FNO3/c1-14(25-18-11-9-17(24-2)10-12-18)20(23)22(16-7-8-16)13-15-5-3-4-6-19(15)21/h3-6,9-12,14,16H,7-8,13H2,1-2H3. The fourth-order valence-electron chi connectivity index (χ4n) is 2.73. The molecule has 1 aliphatic carbocycles. The summed E-state index contributed by atoms with van der Waals surface area (Å²) in [4.78, 5) is 14.6. The summed E-state index contributed by atoms with van der Waals surface area (Å²) in [6.07, 6.45) is 1.27. The van der Waals surface area contributed by atoms with Crippen molar-refractivity contribution in [2.24, 2.45) is 0 Å². The van der Waals surface area contributed by atoms with Gasteiger partial charge in [-0.2, -0.15) is 0 Å². The van der Waals surface area contributed by atoms with Gasteiger partial charge in [0.25, 0.3) is 5.91 Å². The molecule has 1 fully saturated rings. The molecule has 5 heteroatoms. The maximum atomic E-state index is 13.9. The van der Waals surface area contributed by atoms with Crippen molar-refractivity contribution in [3.8, 4) is 11.5 Å². The minimum Gasteiger partial charge on any atom is -0.497 e. The van der Waals surface area contributed by atoms with Crippen LogP contribution in [0.5, 0.6) is 11.5 Å². The van der Waals surface area contributed by atoms with Gasteiger partial charge in [-0.1, -0.05) is 18.2 Å². The summed E-state index contributed by atoms with van der Waals surface area (Å²) in [6.45, 7) is 2.00. The van der Waals surface area contributed by atoms with Crippen LogP contribution < -0.4 is 9.47 Å². The Bertz CT molecular complexity index is 728. The number of carbonyl (C=O) groups excluding carboxylic acids is 1. The van der Waals surface area contributed by atoms with E-state index in [0.717, 1.165) is 18.6 Å². The Balaban J connectivity index is 1.68. The second-order valence-electron chi connectivity index (χ2n) is 6.22. The third kappa shape index (κ3) is 4.29. The molecule has 0 N–H and O–H groups in total. The van der Waals surface area contributed by atoms with Gasteiger partial charge in [0.1, 0.15) is 17.3 Å². The van der Waals surface area contributed by atoms with Crippen molar-refractivity contribution < 1.29 is 18.7 Å². The molecule has 4 nitrogen and oxygen atoms in total. The summed E-state index contributed by atoms with van der Waals surface area (Å²) in [5.41, 5.74) is 0.527. The highest BCUT2D eigenvalue weighted by Crippen LogP contribution is 2.30. The average molecular weight is 343 g/mol. The summed E-state index contributed by atoms with van der Waals surface area (Å²) in [5, 5.41) is 0. The molecule has 0 aromatic heterocycles. The van der Waals surface area contributed by atoms with Gasteiger partial charge in [0.2, 0.25) is 0 Å². The number of carbonyl (C=O) groups is 1. The van der Waals surface area contributed by atoms with E-state index in [9.17, 15) is 9.18 Å². The smallest absolute Gasteiger partial charge is 0.263 e. The van der Waals surface area contributed by atoms with Crippen LogP contribution in [0.15, 0.2) is 48.5 Å². The van der Waals surface area contributed by atoms with Crippen molar-refractivity contribution in [1.82, 2.24) is 4.90 Å². The number of halogens is 1. The van der Waals surface area contributed by atoms with Gasteiger partial charge >= 0.3 is 0 Å². The number of hydrogen-bond acceptors (Lipinski definition) is 3. The summed E-state index contributed by atoms with van der Waals surface area (Å²) < 4.78 is 24.8. The molecular weight excluding hydrogens is 321 g/mol. The molecule has 0 bridgehead atoms. The van der Waals surface area contributed by atoms with Crippen LogP contribution in [0, 0.1) is 5.82 Å². The normalized spacial score (nSPS) is 14.7. The van der Waals surface area contributed by atoms with Crippen LogP contribution >= 0.6 is 0 Å². The number of hydrogen-bond donors (Lipinski definition) is 0. The zero-order valence-corrected chi connectivity index (χ0v) is 14.4. The minimum absolute atomic E-state index is 0.124. The molecule has 3 rings (SSSR count). The van der Waals surface area contributed by atoms with Crippen LogP contribution in [0.25, 0.3) is 0 Å². The molecule has 1 unspecified atom stereocenters. The first-order valence-corrected chi connectivity index (χ1v) is 8.43. The Morgan fingerprint density at radius 2 is 1.80 bits per heavy atom. The zero-order valence-electron chi connectivity index (χ0n) is 14.4. The molecular formula is C20H22FNO3. The van der Waals surface area contributed by atoms with Gasteiger partial charge in [-0.25, -0.2) is 4.39 Å². The first kappa shape index (κ1) is 17.3. The van der Waals surface area contributed by atoms with Crippen LogP contribution in [-0.2, 0) is 11.3 Å². The van der Waals surface area contributed by atoms with Gasteiger partial charge in [0, 0.05) is 18.2 Å². The highest BCUT2D eigenvalue weighted by atomic mass is 19.1. The first-order chi connectivity index (χ1) is 12.1. The SMILES string of the molecule is COc1ccc(OC(C)C(=O)N(Cc2ccccc2F)C2CC2)cc1. The van der Waals surface area contributed by atoms with Crippen molar-refractivity contribution in [3.63, 3.8) is 0 Å². The molecule has 132 valence electrons. The Morgan fingerprint density at radius 1 is 1.16 bits per heavy atom. The molecule has 1 saturated carbocycles. The van der Waals surface area contributed by atoms with E-state index in [0.29, 0.717) is 11.3 Å². The topological polar surface area (TPSA) is 38.8 Å². The number of benzene rings is 2. The van der Waals surface area contributed by atoms with Gasteiger partial charge in [0.15, 0.2) is 6.10 Å². The van der Waals surface area contributed by atoms with Crippen LogP contribution in [0.3, 0.4) is 0 Å². The lowest BCUT2D eigenvalue weighted by Crippen LogP contribution is -2.41. The van der Waals surface area contributed by atoms with E-state index in [2.05, 4.69) is 0 Å². The summed E-state index contributed by atoms with van der Waals surface area (Å²) in [5.74, 6) is 0.917. The molecule has 1 amide bonds. The lowest BCUT2D eigenvalue weighted by atomic mass is 10.2. The van der Waals surface area contributed by atoms with E-state index in [4.69, 9.17) is 9.47 Å². The van der Waals surface area contributed by atoms with Gasteiger partial charge in [-0.05, 0) is 50.1 Å². The minimum atomic E-state index is -0.638. The first-order valence-electron chi connectivity index (χ1n) is 8.43. The Labute approximate surface area is 147 Å². The molecule has 2 aromatic rings. The van der Waals surface area contributed by atoms with Gasteiger partial charge in [-0.15, -0.1) is 0 Å². The zero-order chi connectivity index (χ0) is 17.8. The van der Waals surface area contributed by atoms with Crippen molar-refractivity contribution in [1.29, 1.82) is 0 Å². The molecule has 0 saturated heterocycles. The van der Waals surface area contributed by atoms with E-state index < -0.39 is 6.10 Å². The molecule has 25 heavy (non-hydrogen) atoms. The maximum Gasteiger partial charge on any atom is 0.263 e. The quantitative estimate of drug-likeness (QED) is 0.768. The largest absolute Gasteiger partial charge is 0.497 e. The number of rotatable bonds is 7. The molecule has 1 aliphatic rings. The highest BCUT2D eigenvalue weighted by Gasteiger charge is 2.35. The Kier molecular flexibility index (Phi) is 5.22. The van der Waals surface area contributed by atoms with Crippen molar-refractivity contribution >= 4 is 5.91 Å². The average Bonchev–Trinajstić information content (AvgIpc) is 3.46. The summed E-state index contributed by atoms with van der Waals surface area (Å²) in [6, 6.07) is 13.8. The Morgan fingerprint density at radius 3 is 2.40 bits per heavy atom. The lowest BCUT2D eigenvalue weighted by Gasteiger charge is -2.26. The molecule has 0 heterocycles. The fourth-order valence-corrected chi connectivity index (χ4v) is 2.73. The third-order valence-corrected chi connectivity index (χ3v) is 4.29. The summed E-state index contributed by atoms with van der Waals surface area (Å²) in [7, 11) is 1.60. The van der Waals surface area contributed by atoms with E-state index in [-0.39, 0.29) is 24.3 Å². The number of ether oxygens (including phenoxy) is 2.